The Morgan fingerprint density at radius 1 is 1.25 bits per heavy atom. The molecule has 1 rings (SSSR count). The SMILES string of the molecule is NC(=S)NNC(=O)c1cc([N+](=O)[O-])cc([N+](=O)[O-])c1O. The first-order chi connectivity index (χ1) is 9.23. The number of carbonyl (C=O) groups is 1. The molecule has 0 aromatic heterocycles. The van der Waals surface area contributed by atoms with Gasteiger partial charge in [0.05, 0.1) is 21.5 Å². The minimum Gasteiger partial charge on any atom is -0.502 e. The summed E-state index contributed by atoms with van der Waals surface area (Å²) in [6.07, 6.45) is 0. The van der Waals surface area contributed by atoms with Crippen LogP contribution in [-0.2, 0) is 0 Å². The first-order valence-corrected chi connectivity index (χ1v) is 5.16. The number of phenolic OH excluding ortho intramolecular Hbond substituents is 1. The molecule has 0 spiro atoms. The van der Waals surface area contributed by atoms with E-state index in [1.165, 1.54) is 0 Å². The number of phenols is 1. The van der Waals surface area contributed by atoms with Gasteiger partial charge in [0.1, 0.15) is 0 Å². The van der Waals surface area contributed by atoms with E-state index >= 15 is 0 Å². The monoisotopic (exact) mass is 301 g/mol. The number of nitrogens with one attached hydrogen (secondary N) is 2. The summed E-state index contributed by atoms with van der Waals surface area (Å²) in [5, 5.41) is 30.6. The summed E-state index contributed by atoms with van der Waals surface area (Å²) in [5.41, 5.74) is 6.61. The largest absolute Gasteiger partial charge is 0.502 e. The van der Waals surface area contributed by atoms with E-state index in [2.05, 4.69) is 12.2 Å². The van der Waals surface area contributed by atoms with E-state index in [1.807, 2.05) is 10.9 Å². The second-order valence-electron chi connectivity index (χ2n) is 3.32. The van der Waals surface area contributed by atoms with Crippen molar-refractivity contribution >= 4 is 34.6 Å². The Labute approximate surface area is 115 Å². The molecule has 5 N–H and O–H groups in total. The second-order valence-corrected chi connectivity index (χ2v) is 3.76. The second kappa shape index (κ2) is 5.75. The molecule has 106 valence electrons. The van der Waals surface area contributed by atoms with E-state index in [1.54, 1.807) is 0 Å². The molecule has 0 heterocycles. The van der Waals surface area contributed by atoms with Crippen LogP contribution in [0.5, 0.6) is 5.75 Å². The molecule has 0 saturated heterocycles. The number of nitro groups is 2. The Kier molecular flexibility index (Phi) is 4.32. The first kappa shape index (κ1) is 15.0. The lowest BCUT2D eigenvalue weighted by atomic mass is 10.1. The van der Waals surface area contributed by atoms with Gasteiger partial charge in [0.15, 0.2) is 5.11 Å². The van der Waals surface area contributed by atoms with Crippen LogP contribution in [0.15, 0.2) is 12.1 Å². The molecular formula is C8H7N5O6S. The van der Waals surface area contributed by atoms with Crippen molar-refractivity contribution in [3.8, 4) is 5.75 Å². The first-order valence-electron chi connectivity index (χ1n) is 4.75. The number of hydrogen-bond acceptors (Lipinski definition) is 7. The number of hydrogen-bond donors (Lipinski definition) is 4. The zero-order chi connectivity index (χ0) is 15.4. The van der Waals surface area contributed by atoms with Crippen molar-refractivity contribution in [2.45, 2.75) is 0 Å². The van der Waals surface area contributed by atoms with E-state index in [0.29, 0.717) is 12.1 Å². The summed E-state index contributed by atoms with van der Waals surface area (Å²) in [6.45, 7) is 0. The van der Waals surface area contributed by atoms with Gasteiger partial charge < -0.3 is 10.8 Å². The van der Waals surface area contributed by atoms with Crippen molar-refractivity contribution < 1.29 is 19.7 Å². The smallest absolute Gasteiger partial charge is 0.318 e. The molecule has 0 radical (unpaired) electrons. The van der Waals surface area contributed by atoms with Gasteiger partial charge in [-0.3, -0.25) is 35.9 Å². The van der Waals surface area contributed by atoms with Crippen LogP contribution in [0, 0.1) is 20.2 Å². The van der Waals surface area contributed by atoms with Crippen LogP contribution in [-0.4, -0.2) is 26.0 Å². The minimum absolute atomic E-state index is 0.308. The maximum Gasteiger partial charge on any atom is 0.318 e. The Balaban J connectivity index is 3.30. The summed E-state index contributed by atoms with van der Waals surface area (Å²) in [4.78, 5) is 30.9. The number of amides is 1. The van der Waals surface area contributed by atoms with Gasteiger partial charge in [0.25, 0.3) is 11.6 Å². The lowest BCUT2D eigenvalue weighted by Crippen LogP contribution is -2.44. The predicted molar refractivity (Wildman–Crippen MR) is 68.8 cm³/mol. The van der Waals surface area contributed by atoms with Gasteiger partial charge in [-0.2, -0.15) is 0 Å². The van der Waals surface area contributed by atoms with Crippen molar-refractivity contribution in [3.05, 3.63) is 37.9 Å². The summed E-state index contributed by atoms with van der Waals surface area (Å²) < 4.78 is 0. The van der Waals surface area contributed by atoms with Crippen LogP contribution >= 0.6 is 12.2 Å². The summed E-state index contributed by atoms with van der Waals surface area (Å²) >= 11 is 4.40. The number of non-ortho nitro benzene ring substituents is 1. The minimum atomic E-state index is -1.08. The van der Waals surface area contributed by atoms with Crippen LogP contribution in [0.1, 0.15) is 10.4 Å². The molecule has 0 atom stereocenters. The van der Waals surface area contributed by atoms with Gasteiger partial charge in [0, 0.05) is 6.07 Å². The molecule has 1 amide bonds. The van der Waals surface area contributed by atoms with Gasteiger partial charge in [-0.05, 0) is 12.2 Å². The topological polar surface area (TPSA) is 174 Å². The van der Waals surface area contributed by atoms with Crippen molar-refractivity contribution in [2.75, 3.05) is 0 Å². The fourth-order valence-electron chi connectivity index (χ4n) is 1.21. The summed E-state index contributed by atoms with van der Waals surface area (Å²) in [5.74, 6) is -2.09. The van der Waals surface area contributed by atoms with Crippen molar-refractivity contribution in [1.82, 2.24) is 10.9 Å². The number of thiocarbonyl (C=S) groups is 1. The molecular weight excluding hydrogens is 294 g/mol. The number of nitrogens with zero attached hydrogens (tertiary/aromatic N) is 2. The number of nitro benzene ring substituents is 2. The van der Waals surface area contributed by atoms with Gasteiger partial charge in [0.2, 0.25) is 5.75 Å². The molecule has 12 heteroatoms. The highest BCUT2D eigenvalue weighted by molar-refractivity contribution is 7.80. The van der Waals surface area contributed by atoms with Crippen molar-refractivity contribution in [2.24, 2.45) is 5.73 Å². The van der Waals surface area contributed by atoms with E-state index in [0.717, 1.165) is 0 Å². The third-order valence-corrected chi connectivity index (χ3v) is 2.13. The predicted octanol–water partition coefficient (Wildman–Crippen LogP) is -0.313. The zero-order valence-electron chi connectivity index (χ0n) is 9.52. The van der Waals surface area contributed by atoms with Crippen molar-refractivity contribution in [3.63, 3.8) is 0 Å². The van der Waals surface area contributed by atoms with Crippen LogP contribution in [0.25, 0.3) is 0 Å². The van der Waals surface area contributed by atoms with Gasteiger partial charge >= 0.3 is 5.69 Å². The molecule has 20 heavy (non-hydrogen) atoms. The number of nitrogens with two attached hydrogens (primary N) is 1. The Hall–Kier alpha value is -3.02. The van der Waals surface area contributed by atoms with Crippen LogP contribution in [0.3, 0.4) is 0 Å². The Bertz CT molecular complexity index is 618. The Morgan fingerprint density at radius 2 is 1.85 bits per heavy atom. The molecule has 1 aromatic carbocycles. The lowest BCUT2D eigenvalue weighted by molar-refractivity contribution is -0.394. The van der Waals surface area contributed by atoms with E-state index in [-0.39, 0.29) is 5.11 Å². The number of aromatic hydroxyl groups is 1. The van der Waals surface area contributed by atoms with E-state index in [4.69, 9.17) is 5.73 Å². The fraction of sp³-hybridized carbons (Fsp3) is 0. The number of carbonyl (C=O) groups excluding carboxylic acids is 1. The average Bonchev–Trinajstić information content (AvgIpc) is 2.35. The normalized spacial score (nSPS) is 9.60. The quantitative estimate of drug-likeness (QED) is 0.331. The molecule has 0 aliphatic carbocycles. The molecule has 0 unspecified atom stereocenters. The zero-order valence-corrected chi connectivity index (χ0v) is 10.3. The standard InChI is InChI=1S/C8H7N5O6S/c9-8(20)11-10-7(15)4-1-3(12(16)17)2-5(6(4)14)13(18)19/h1-2,14H,(H,10,15)(H3,9,11,20). The van der Waals surface area contributed by atoms with E-state index < -0.39 is 38.4 Å². The molecule has 11 nitrogen and oxygen atoms in total. The third kappa shape index (κ3) is 3.26. The lowest BCUT2D eigenvalue weighted by Gasteiger charge is -2.07. The third-order valence-electron chi connectivity index (χ3n) is 2.03. The highest BCUT2D eigenvalue weighted by Crippen LogP contribution is 2.34. The van der Waals surface area contributed by atoms with Crippen LogP contribution in [0.2, 0.25) is 0 Å². The summed E-state index contributed by atoms with van der Waals surface area (Å²) in [6, 6.07) is 1.21. The fourth-order valence-corrected chi connectivity index (χ4v) is 1.26. The molecule has 1 aromatic rings. The van der Waals surface area contributed by atoms with Crippen LogP contribution in [0.4, 0.5) is 11.4 Å². The maximum atomic E-state index is 11.6. The number of benzene rings is 1. The average molecular weight is 301 g/mol. The molecule has 0 aliphatic rings. The van der Waals surface area contributed by atoms with Crippen molar-refractivity contribution in [1.29, 1.82) is 0 Å². The maximum absolute atomic E-state index is 11.6. The number of rotatable bonds is 3. The molecule has 0 bridgehead atoms. The highest BCUT2D eigenvalue weighted by Gasteiger charge is 2.27. The van der Waals surface area contributed by atoms with Gasteiger partial charge in [-0.15, -0.1) is 0 Å². The van der Waals surface area contributed by atoms with E-state index in [9.17, 15) is 30.1 Å². The summed E-state index contributed by atoms with van der Waals surface area (Å²) in [7, 11) is 0. The Morgan fingerprint density at radius 3 is 2.30 bits per heavy atom. The van der Waals surface area contributed by atoms with Gasteiger partial charge in [-0.25, -0.2) is 0 Å². The number of hydrazine groups is 1. The highest BCUT2D eigenvalue weighted by atomic mass is 32.1. The van der Waals surface area contributed by atoms with Gasteiger partial charge in [-0.1, -0.05) is 0 Å². The molecule has 0 fully saturated rings. The molecule has 0 aliphatic heterocycles. The molecule has 0 saturated carbocycles. The van der Waals surface area contributed by atoms with Crippen LogP contribution < -0.4 is 16.6 Å².